The highest BCUT2D eigenvalue weighted by Crippen LogP contribution is 2.39. The molecule has 2 heteroatoms. The van der Waals surface area contributed by atoms with Crippen molar-refractivity contribution in [2.45, 2.75) is 64.2 Å². The zero-order chi connectivity index (χ0) is 28.1. The van der Waals surface area contributed by atoms with Gasteiger partial charge in [0.15, 0.2) is 0 Å². The number of allylic oxidation sites excluding steroid dienone is 4. The monoisotopic (exact) mass is 504 g/mol. The molecule has 3 rings (SSSR count). The summed E-state index contributed by atoms with van der Waals surface area (Å²) in [6.45, 7) is 24.8. The smallest absolute Gasteiger partial charge is 0.0385 e. The SMILES string of the molecule is C=CCc1cc(C(C)(C)c2ccc(C(C)(C)c3cc(CC=C)c(N)c(CC=C)c3)cc2)cc(CC=C)c1N. The van der Waals surface area contributed by atoms with Gasteiger partial charge >= 0.3 is 0 Å². The molecule has 0 atom stereocenters. The molecule has 0 fully saturated rings. The first kappa shape index (κ1) is 28.8. The summed E-state index contributed by atoms with van der Waals surface area (Å²) in [5.74, 6) is 0. The van der Waals surface area contributed by atoms with Crippen molar-refractivity contribution < 1.29 is 0 Å². The second-order valence-corrected chi connectivity index (χ2v) is 11.2. The van der Waals surface area contributed by atoms with Gasteiger partial charge in [0.25, 0.3) is 0 Å². The molecule has 0 aliphatic rings. The van der Waals surface area contributed by atoms with E-state index in [4.69, 9.17) is 11.5 Å². The van der Waals surface area contributed by atoms with Crippen LogP contribution in [0.5, 0.6) is 0 Å². The highest BCUT2D eigenvalue weighted by molar-refractivity contribution is 5.60. The van der Waals surface area contributed by atoms with Crippen molar-refractivity contribution in [1.29, 1.82) is 0 Å². The fourth-order valence-corrected chi connectivity index (χ4v) is 5.21. The van der Waals surface area contributed by atoms with Crippen LogP contribution < -0.4 is 11.5 Å². The van der Waals surface area contributed by atoms with Gasteiger partial charge in [0, 0.05) is 22.2 Å². The molecule has 0 amide bonds. The summed E-state index contributed by atoms with van der Waals surface area (Å²) >= 11 is 0. The van der Waals surface area contributed by atoms with E-state index in [1.165, 1.54) is 22.3 Å². The van der Waals surface area contributed by atoms with Crippen molar-refractivity contribution in [2.75, 3.05) is 11.5 Å². The van der Waals surface area contributed by atoms with Crippen LogP contribution in [0, 0.1) is 0 Å². The Morgan fingerprint density at radius 2 is 0.737 bits per heavy atom. The molecule has 0 saturated carbocycles. The topological polar surface area (TPSA) is 52.0 Å². The minimum absolute atomic E-state index is 0.197. The van der Waals surface area contributed by atoms with Crippen LogP contribution in [-0.4, -0.2) is 0 Å². The van der Waals surface area contributed by atoms with Crippen molar-refractivity contribution in [3.63, 3.8) is 0 Å². The average Bonchev–Trinajstić information content (AvgIpc) is 2.89. The number of nitrogens with two attached hydrogens (primary N) is 2. The van der Waals surface area contributed by atoms with E-state index in [-0.39, 0.29) is 10.8 Å². The van der Waals surface area contributed by atoms with Crippen molar-refractivity contribution in [1.82, 2.24) is 0 Å². The molecular formula is C36H44N2. The lowest BCUT2D eigenvalue weighted by Crippen LogP contribution is -2.22. The first-order valence-electron chi connectivity index (χ1n) is 13.4. The van der Waals surface area contributed by atoms with Crippen LogP contribution in [0.2, 0.25) is 0 Å². The largest absolute Gasteiger partial charge is 0.398 e. The standard InChI is InChI=1S/C36H44N2/c1-9-13-25-21-31(22-26(14-10-2)33(25)37)35(5,6)29-17-19-30(20-18-29)36(7,8)32-23-27(15-11-3)34(38)28(24-32)16-12-4/h9-12,17-24H,1-4,13-16,37-38H2,5-8H3. The highest BCUT2D eigenvalue weighted by Gasteiger charge is 2.28. The second kappa shape index (κ2) is 11.7. The van der Waals surface area contributed by atoms with Crippen LogP contribution >= 0.6 is 0 Å². The van der Waals surface area contributed by atoms with E-state index < -0.39 is 0 Å². The van der Waals surface area contributed by atoms with E-state index in [9.17, 15) is 0 Å². The summed E-state index contributed by atoms with van der Waals surface area (Å²) in [5.41, 5.74) is 23.7. The summed E-state index contributed by atoms with van der Waals surface area (Å²) in [5, 5.41) is 0. The fraction of sp³-hybridized carbons (Fsp3) is 0.278. The minimum Gasteiger partial charge on any atom is -0.398 e. The molecule has 0 spiro atoms. The third-order valence-electron chi connectivity index (χ3n) is 7.93. The lowest BCUT2D eigenvalue weighted by atomic mass is 9.73. The lowest BCUT2D eigenvalue weighted by molar-refractivity contribution is 0.625. The number of nitrogen functional groups attached to an aromatic ring is 2. The third kappa shape index (κ3) is 5.70. The highest BCUT2D eigenvalue weighted by atomic mass is 14.6. The van der Waals surface area contributed by atoms with E-state index in [1.807, 2.05) is 24.3 Å². The van der Waals surface area contributed by atoms with Gasteiger partial charge in [-0.15, -0.1) is 26.3 Å². The van der Waals surface area contributed by atoms with Crippen LogP contribution in [0.3, 0.4) is 0 Å². The van der Waals surface area contributed by atoms with Gasteiger partial charge in [-0.2, -0.15) is 0 Å². The molecule has 0 radical (unpaired) electrons. The number of hydrogen-bond acceptors (Lipinski definition) is 2. The lowest BCUT2D eigenvalue weighted by Gasteiger charge is -2.31. The normalized spacial score (nSPS) is 11.7. The maximum absolute atomic E-state index is 6.48. The van der Waals surface area contributed by atoms with Crippen molar-refractivity contribution >= 4 is 11.4 Å². The van der Waals surface area contributed by atoms with Crippen LogP contribution in [0.25, 0.3) is 0 Å². The zero-order valence-electron chi connectivity index (χ0n) is 23.7. The summed E-state index contributed by atoms with van der Waals surface area (Å²) < 4.78 is 0. The first-order valence-corrected chi connectivity index (χ1v) is 13.4. The third-order valence-corrected chi connectivity index (χ3v) is 7.93. The molecule has 198 valence electrons. The molecule has 2 nitrogen and oxygen atoms in total. The summed E-state index contributed by atoms with van der Waals surface area (Å²) in [7, 11) is 0. The van der Waals surface area contributed by atoms with Crippen molar-refractivity contribution in [2.24, 2.45) is 0 Å². The Bertz CT molecular complexity index is 1170. The molecule has 0 heterocycles. The fourth-order valence-electron chi connectivity index (χ4n) is 5.21. The van der Waals surface area contributed by atoms with Gasteiger partial charge in [-0.25, -0.2) is 0 Å². The maximum Gasteiger partial charge on any atom is 0.0385 e. The molecule has 3 aromatic carbocycles. The second-order valence-electron chi connectivity index (χ2n) is 11.2. The van der Waals surface area contributed by atoms with Gasteiger partial charge in [-0.05, 0) is 70.2 Å². The van der Waals surface area contributed by atoms with Gasteiger partial charge < -0.3 is 11.5 Å². The van der Waals surface area contributed by atoms with E-state index in [2.05, 4.69) is 103 Å². The van der Waals surface area contributed by atoms with Crippen LogP contribution in [0.4, 0.5) is 11.4 Å². The summed E-state index contributed by atoms with van der Waals surface area (Å²) in [6, 6.07) is 18.0. The minimum atomic E-state index is -0.197. The molecule has 0 saturated heterocycles. The van der Waals surface area contributed by atoms with Crippen molar-refractivity contribution in [3.05, 3.63) is 144 Å². The maximum atomic E-state index is 6.48. The predicted molar refractivity (Wildman–Crippen MR) is 168 cm³/mol. The quantitative estimate of drug-likeness (QED) is 0.192. The Kier molecular flexibility index (Phi) is 8.89. The molecule has 0 bridgehead atoms. The van der Waals surface area contributed by atoms with E-state index >= 15 is 0 Å². The van der Waals surface area contributed by atoms with Crippen LogP contribution in [0.15, 0.2) is 99.2 Å². The van der Waals surface area contributed by atoms with Gasteiger partial charge in [0.1, 0.15) is 0 Å². The number of anilines is 2. The van der Waals surface area contributed by atoms with E-state index in [1.54, 1.807) is 0 Å². The van der Waals surface area contributed by atoms with Gasteiger partial charge in [-0.3, -0.25) is 0 Å². The number of benzene rings is 3. The van der Waals surface area contributed by atoms with Crippen LogP contribution in [-0.2, 0) is 36.5 Å². The Hall–Kier alpha value is -3.78. The molecule has 38 heavy (non-hydrogen) atoms. The Morgan fingerprint density at radius 1 is 0.500 bits per heavy atom. The van der Waals surface area contributed by atoms with Gasteiger partial charge in [-0.1, -0.05) is 101 Å². The average molecular weight is 505 g/mol. The Labute approximate surface area is 230 Å². The molecular weight excluding hydrogens is 460 g/mol. The molecule has 0 aromatic heterocycles. The van der Waals surface area contributed by atoms with E-state index in [0.717, 1.165) is 59.3 Å². The Morgan fingerprint density at radius 3 is 0.947 bits per heavy atom. The molecule has 0 unspecified atom stereocenters. The van der Waals surface area contributed by atoms with Gasteiger partial charge in [0.2, 0.25) is 0 Å². The molecule has 0 aliphatic heterocycles. The summed E-state index contributed by atoms with van der Waals surface area (Å²) in [6.07, 6.45) is 10.6. The zero-order valence-corrected chi connectivity index (χ0v) is 23.7. The summed E-state index contributed by atoms with van der Waals surface area (Å²) in [4.78, 5) is 0. The Balaban J connectivity index is 2.04. The predicted octanol–water partition coefficient (Wildman–Crippen LogP) is 8.42. The molecule has 3 aromatic rings. The molecule has 4 N–H and O–H groups in total. The van der Waals surface area contributed by atoms with Crippen LogP contribution in [0.1, 0.15) is 72.2 Å². The first-order chi connectivity index (χ1) is 18.0. The van der Waals surface area contributed by atoms with E-state index in [0.29, 0.717) is 0 Å². The molecule has 0 aliphatic carbocycles. The number of rotatable bonds is 12. The van der Waals surface area contributed by atoms with Gasteiger partial charge in [0.05, 0.1) is 0 Å². The number of hydrogen-bond donors (Lipinski definition) is 2. The van der Waals surface area contributed by atoms with Crippen molar-refractivity contribution in [3.8, 4) is 0 Å².